The Hall–Kier alpha value is -3.26. The van der Waals surface area contributed by atoms with Crippen molar-refractivity contribution < 1.29 is 4.39 Å². The summed E-state index contributed by atoms with van der Waals surface area (Å²) in [7, 11) is 0. The molecule has 0 spiro atoms. The summed E-state index contributed by atoms with van der Waals surface area (Å²) < 4.78 is 13.4. The van der Waals surface area contributed by atoms with Gasteiger partial charge in [0.05, 0.1) is 5.69 Å². The molecule has 0 aliphatic carbocycles. The SMILES string of the molecule is N#Cc1c(-c2cccnc2)cc(-c2cccc(F)c2)nc1N. The van der Waals surface area contributed by atoms with Crippen LogP contribution in [-0.4, -0.2) is 9.97 Å². The van der Waals surface area contributed by atoms with Crippen LogP contribution in [0.5, 0.6) is 0 Å². The molecule has 0 aliphatic heterocycles. The fourth-order valence-corrected chi connectivity index (χ4v) is 2.23. The fourth-order valence-electron chi connectivity index (χ4n) is 2.23. The van der Waals surface area contributed by atoms with Crippen LogP contribution in [0.25, 0.3) is 22.4 Å². The molecule has 3 rings (SSSR count). The molecule has 5 heteroatoms. The first kappa shape index (κ1) is 13.7. The quantitative estimate of drug-likeness (QED) is 0.784. The second-order valence-corrected chi connectivity index (χ2v) is 4.68. The fraction of sp³-hybridized carbons (Fsp3) is 0. The summed E-state index contributed by atoms with van der Waals surface area (Å²) in [4.78, 5) is 8.26. The standard InChI is InChI=1S/C17H11FN4/c18-13-5-1-3-11(7-13)16-8-14(12-4-2-6-21-10-12)15(9-19)17(20)22-16/h1-8,10H,(H2,20,22). The Kier molecular flexibility index (Phi) is 3.50. The van der Waals surface area contributed by atoms with E-state index >= 15 is 0 Å². The molecular weight excluding hydrogens is 279 g/mol. The van der Waals surface area contributed by atoms with E-state index in [9.17, 15) is 9.65 Å². The largest absolute Gasteiger partial charge is 0.383 e. The van der Waals surface area contributed by atoms with Crippen LogP contribution >= 0.6 is 0 Å². The number of nitriles is 1. The second kappa shape index (κ2) is 5.62. The third-order valence-electron chi connectivity index (χ3n) is 3.25. The number of pyridine rings is 2. The number of halogens is 1. The van der Waals surface area contributed by atoms with Crippen LogP contribution < -0.4 is 5.73 Å². The lowest BCUT2D eigenvalue weighted by molar-refractivity contribution is 0.628. The number of anilines is 1. The van der Waals surface area contributed by atoms with E-state index in [1.54, 1.807) is 36.7 Å². The molecule has 0 atom stereocenters. The van der Waals surface area contributed by atoms with Gasteiger partial charge in [-0.3, -0.25) is 4.98 Å². The summed E-state index contributed by atoms with van der Waals surface area (Å²) in [5.41, 5.74) is 8.67. The molecule has 1 aromatic carbocycles. The van der Waals surface area contributed by atoms with E-state index in [1.165, 1.54) is 12.1 Å². The molecule has 0 fully saturated rings. The maximum atomic E-state index is 13.4. The molecule has 0 radical (unpaired) electrons. The average molecular weight is 290 g/mol. The van der Waals surface area contributed by atoms with Gasteiger partial charge in [0.25, 0.3) is 0 Å². The van der Waals surface area contributed by atoms with Crippen LogP contribution in [0.4, 0.5) is 10.2 Å². The predicted molar refractivity (Wildman–Crippen MR) is 82.0 cm³/mol. The molecule has 0 unspecified atom stereocenters. The number of aromatic nitrogens is 2. The molecule has 0 aliphatic rings. The Morgan fingerprint density at radius 3 is 2.59 bits per heavy atom. The lowest BCUT2D eigenvalue weighted by Gasteiger charge is -2.10. The van der Waals surface area contributed by atoms with Crippen molar-refractivity contribution in [1.82, 2.24) is 9.97 Å². The smallest absolute Gasteiger partial charge is 0.142 e. The van der Waals surface area contributed by atoms with Crippen molar-refractivity contribution in [3.05, 3.63) is 66.2 Å². The molecule has 0 amide bonds. The number of benzene rings is 1. The van der Waals surface area contributed by atoms with Crippen molar-refractivity contribution in [3.63, 3.8) is 0 Å². The monoisotopic (exact) mass is 290 g/mol. The highest BCUT2D eigenvalue weighted by atomic mass is 19.1. The van der Waals surface area contributed by atoms with E-state index in [1.807, 2.05) is 6.07 Å². The van der Waals surface area contributed by atoms with Crippen LogP contribution in [0.1, 0.15) is 5.56 Å². The lowest BCUT2D eigenvalue weighted by Crippen LogP contribution is -2.00. The van der Waals surface area contributed by atoms with Gasteiger partial charge in [-0.25, -0.2) is 9.37 Å². The Bertz CT molecular complexity index is 870. The van der Waals surface area contributed by atoms with E-state index in [0.29, 0.717) is 16.8 Å². The maximum Gasteiger partial charge on any atom is 0.142 e. The van der Waals surface area contributed by atoms with Crippen molar-refractivity contribution in [2.45, 2.75) is 0 Å². The molecular formula is C17H11FN4. The average Bonchev–Trinajstić information content (AvgIpc) is 2.55. The number of hydrogen-bond acceptors (Lipinski definition) is 4. The van der Waals surface area contributed by atoms with E-state index in [0.717, 1.165) is 5.56 Å². The molecule has 0 saturated carbocycles. The molecule has 22 heavy (non-hydrogen) atoms. The first-order valence-electron chi connectivity index (χ1n) is 6.56. The summed E-state index contributed by atoms with van der Waals surface area (Å²) in [6.07, 6.45) is 3.29. The van der Waals surface area contributed by atoms with Crippen LogP contribution in [0.3, 0.4) is 0 Å². The van der Waals surface area contributed by atoms with Gasteiger partial charge < -0.3 is 5.73 Å². The van der Waals surface area contributed by atoms with Gasteiger partial charge in [0, 0.05) is 29.1 Å². The topological polar surface area (TPSA) is 75.6 Å². The molecule has 2 heterocycles. The van der Waals surface area contributed by atoms with Crippen molar-refractivity contribution in [3.8, 4) is 28.5 Å². The van der Waals surface area contributed by atoms with E-state index < -0.39 is 0 Å². The van der Waals surface area contributed by atoms with E-state index in [2.05, 4.69) is 16.0 Å². The highest BCUT2D eigenvalue weighted by Gasteiger charge is 2.13. The molecule has 0 bridgehead atoms. The highest BCUT2D eigenvalue weighted by Crippen LogP contribution is 2.30. The number of nitrogens with two attached hydrogens (primary N) is 1. The zero-order valence-corrected chi connectivity index (χ0v) is 11.5. The second-order valence-electron chi connectivity index (χ2n) is 4.68. The minimum absolute atomic E-state index is 0.114. The Morgan fingerprint density at radius 2 is 1.91 bits per heavy atom. The first-order valence-corrected chi connectivity index (χ1v) is 6.56. The normalized spacial score (nSPS) is 10.2. The van der Waals surface area contributed by atoms with Crippen molar-refractivity contribution >= 4 is 5.82 Å². The van der Waals surface area contributed by atoms with Crippen LogP contribution in [0, 0.1) is 17.1 Å². The summed E-state index contributed by atoms with van der Waals surface area (Å²) in [6, 6.07) is 13.5. The van der Waals surface area contributed by atoms with Gasteiger partial charge >= 0.3 is 0 Å². The van der Waals surface area contributed by atoms with Crippen LogP contribution in [0.2, 0.25) is 0 Å². The minimum Gasteiger partial charge on any atom is -0.383 e. The first-order chi connectivity index (χ1) is 10.7. The molecule has 4 nitrogen and oxygen atoms in total. The summed E-state index contributed by atoms with van der Waals surface area (Å²) in [5, 5.41) is 9.32. The molecule has 2 N–H and O–H groups in total. The molecule has 3 aromatic rings. The zero-order chi connectivity index (χ0) is 15.5. The van der Waals surface area contributed by atoms with Crippen molar-refractivity contribution in [1.29, 1.82) is 5.26 Å². The molecule has 0 saturated heterocycles. The Balaban J connectivity index is 2.24. The van der Waals surface area contributed by atoms with Gasteiger partial charge in [0.2, 0.25) is 0 Å². The summed E-state index contributed by atoms with van der Waals surface area (Å²) in [5.74, 6) is -0.242. The minimum atomic E-state index is -0.356. The van der Waals surface area contributed by atoms with Gasteiger partial charge in [-0.15, -0.1) is 0 Å². The Labute approximate surface area is 126 Å². The van der Waals surface area contributed by atoms with E-state index in [4.69, 9.17) is 5.73 Å². The lowest BCUT2D eigenvalue weighted by atomic mass is 10.00. The summed E-state index contributed by atoms with van der Waals surface area (Å²) >= 11 is 0. The van der Waals surface area contributed by atoms with Crippen molar-refractivity contribution in [2.24, 2.45) is 0 Å². The van der Waals surface area contributed by atoms with Gasteiger partial charge in [0.1, 0.15) is 23.3 Å². The van der Waals surface area contributed by atoms with Gasteiger partial charge in [0.15, 0.2) is 0 Å². The van der Waals surface area contributed by atoms with Crippen molar-refractivity contribution in [2.75, 3.05) is 5.73 Å². The van der Waals surface area contributed by atoms with E-state index in [-0.39, 0.29) is 17.2 Å². The van der Waals surface area contributed by atoms with Crippen LogP contribution in [-0.2, 0) is 0 Å². The zero-order valence-electron chi connectivity index (χ0n) is 11.5. The maximum absolute atomic E-state index is 13.4. The predicted octanol–water partition coefficient (Wildman–Crippen LogP) is 3.40. The number of rotatable bonds is 2. The highest BCUT2D eigenvalue weighted by molar-refractivity contribution is 5.79. The van der Waals surface area contributed by atoms with Crippen LogP contribution in [0.15, 0.2) is 54.9 Å². The number of nitrogen functional groups attached to an aromatic ring is 1. The third-order valence-corrected chi connectivity index (χ3v) is 3.25. The number of nitrogens with zero attached hydrogens (tertiary/aromatic N) is 3. The number of hydrogen-bond donors (Lipinski definition) is 1. The third kappa shape index (κ3) is 2.50. The van der Waals surface area contributed by atoms with Gasteiger partial charge in [-0.1, -0.05) is 18.2 Å². The summed E-state index contributed by atoms with van der Waals surface area (Å²) in [6.45, 7) is 0. The molecule has 106 valence electrons. The Morgan fingerprint density at radius 1 is 1.09 bits per heavy atom. The molecule has 2 aromatic heterocycles. The van der Waals surface area contributed by atoms with Gasteiger partial charge in [-0.2, -0.15) is 5.26 Å². The van der Waals surface area contributed by atoms with Gasteiger partial charge in [-0.05, 0) is 24.3 Å².